The molecule has 174 valence electrons. The highest BCUT2D eigenvalue weighted by molar-refractivity contribution is 6.00. The van der Waals surface area contributed by atoms with Gasteiger partial charge in [0.05, 0.1) is 25.3 Å². The molecule has 3 aliphatic rings. The molecule has 0 spiro atoms. The van der Waals surface area contributed by atoms with Gasteiger partial charge >= 0.3 is 12.0 Å². The van der Waals surface area contributed by atoms with Crippen LogP contribution in [-0.4, -0.2) is 98.1 Å². The summed E-state index contributed by atoms with van der Waals surface area (Å²) >= 11 is 0. The number of esters is 1. The van der Waals surface area contributed by atoms with E-state index in [2.05, 4.69) is 22.0 Å². The fraction of sp³-hybridized carbons (Fsp3) is 0.591. The Morgan fingerprint density at radius 3 is 2.56 bits per heavy atom. The zero-order valence-corrected chi connectivity index (χ0v) is 19.0. The molecule has 0 bridgehead atoms. The Morgan fingerprint density at radius 2 is 1.91 bits per heavy atom. The van der Waals surface area contributed by atoms with Gasteiger partial charge in [-0.25, -0.2) is 9.59 Å². The van der Waals surface area contributed by atoms with Crippen LogP contribution in [0.15, 0.2) is 24.3 Å². The van der Waals surface area contributed by atoms with Gasteiger partial charge in [0.25, 0.3) is 5.91 Å². The van der Waals surface area contributed by atoms with Crippen molar-refractivity contribution in [2.45, 2.75) is 32.3 Å². The first-order chi connectivity index (χ1) is 15.4. The molecular formula is C22H31N5O5. The Hall–Kier alpha value is -2.69. The minimum absolute atomic E-state index is 0.197. The molecule has 3 fully saturated rings. The van der Waals surface area contributed by atoms with Crippen molar-refractivity contribution < 1.29 is 23.9 Å². The second kappa shape index (κ2) is 9.05. The standard InChI is InChI=1S/C22H31N5O5/c1-5-32-20(29)15-6-8-16(9-7-15)26-12-14(2)13-27-17-18(23-21(26)27)24(3)22(30)25(19(17)28)10-11-31-4/h6-9,14,17-18,21,23H,5,10-13H2,1-4H3. The fourth-order valence-electron chi connectivity index (χ4n) is 4.81. The van der Waals surface area contributed by atoms with Crippen LogP contribution >= 0.6 is 0 Å². The molecule has 3 heterocycles. The molecule has 0 aromatic heterocycles. The number of fused-ring (bicyclic) bond motifs is 3. The molecule has 10 nitrogen and oxygen atoms in total. The van der Waals surface area contributed by atoms with Crippen LogP contribution in [0.2, 0.25) is 0 Å². The van der Waals surface area contributed by atoms with Gasteiger partial charge in [0, 0.05) is 32.9 Å². The van der Waals surface area contributed by atoms with Crippen LogP contribution in [0.4, 0.5) is 10.5 Å². The molecule has 10 heteroatoms. The van der Waals surface area contributed by atoms with Gasteiger partial charge in [0.15, 0.2) is 0 Å². The van der Waals surface area contributed by atoms with Gasteiger partial charge in [-0.2, -0.15) is 0 Å². The number of benzene rings is 1. The first-order valence-corrected chi connectivity index (χ1v) is 11.0. The number of likely N-dealkylation sites (N-methyl/N-ethyl adjacent to an activating group) is 1. The smallest absolute Gasteiger partial charge is 0.338 e. The summed E-state index contributed by atoms with van der Waals surface area (Å²) in [4.78, 5) is 45.4. The predicted octanol–water partition coefficient (Wildman–Crippen LogP) is 0.743. The first kappa shape index (κ1) is 22.5. The van der Waals surface area contributed by atoms with Crippen LogP contribution in [0.1, 0.15) is 24.2 Å². The predicted molar refractivity (Wildman–Crippen MR) is 117 cm³/mol. The zero-order valence-electron chi connectivity index (χ0n) is 19.0. The third-order valence-electron chi connectivity index (χ3n) is 6.31. The lowest BCUT2D eigenvalue weighted by atomic mass is 10.0. The van der Waals surface area contributed by atoms with Crippen molar-refractivity contribution in [1.82, 2.24) is 20.0 Å². The van der Waals surface area contributed by atoms with Gasteiger partial charge in [-0.3, -0.25) is 19.9 Å². The number of rotatable bonds is 6. The number of urea groups is 1. The largest absolute Gasteiger partial charge is 0.462 e. The molecule has 1 aromatic rings. The minimum atomic E-state index is -0.469. The highest BCUT2D eigenvalue weighted by atomic mass is 16.5. The van der Waals surface area contributed by atoms with E-state index in [0.29, 0.717) is 24.7 Å². The lowest BCUT2D eigenvalue weighted by molar-refractivity contribution is -0.139. The highest BCUT2D eigenvalue weighted by Gasteiger charge is 2.56. The molecule has 3 aliphatic heterocycles. The van der Waals surface area contributed by atoms with E-state index in [1.807, 2.05) is 12.1 Å². The molecule has 1 aromatic carbocycles. The maximum atomic E-state index is 13.3. The van der Waals surface area contributed by atoms with E-state index in [9.17, 15) is 14.4 Å². The quantitative estimate of drug-likeness (QED) is 0.641. The maximum Gasteiger partial charge on any atom is 0.338 e. The summed E-state index contributed by atoms with van der Waals surface area (Å²) in [6.45, 7) is 6.31. The van der Waals surface area contributed by atoms with Crippen molar-refractivity contribution in [2.24, 2.45) is 5.92 Å². The third-order valence-corrected chi connectivity index (χ3v) is 6.31. The zero-order chi connectivity index (χ0) is 23.0. The molecule has 32 heavy (non-hydrogen) atoms. The molecule has 4 atom stereocenters. The summed E-state index contributed by atoms with van der Waals surface area (Å²) in [6, 6.07) is 6.52. The van der Waals surface area contributed by atoms with Crippen molar-refractivity contribution in [2.75, 3.05) is 51.9 Å². The van der Waals surface area contributed by atoms with Crippen LogP contribution < -0.4 is 10.2 Å². The summed E-state index contributed by atoms with van der Waals surface area (Å²) in [5.74, 6) is -0.240. The molecular weight excluding hydrogens is 414 g/mol. The number of imide groups is 1. The summed E-state index contributed by atoms with van der Waals surface area (Å²) in [5.41, 5.74) is 1.43. The summed E-state index contributed by atoms with van der Waals surface area (Å²) in [7, 11) is 3.27. The average Bonchev–Trinajstić information content (AvgIpc) is 3.17. The Balaban J connectivity index is 1.60. The number of nitrogens with zero attached hydrogens (tertiary/aromatic N) is 4. The van der Waals surface area contributed by atoms with Gasteiger partial charge in [-0.15, -0.1) is 0 Å². The molecule has 3 saturated heterocycles. The lowest BCUT2D eigenvalue weighted by Gasteiger charge is -2.46. The van der Waals surface area contributed by atoms with E-state index < -0.39 is 12.2 Å². The summed E-state index contributed by atoms with van der Waals surface area (Å²) < 4.78 is 10.2. The SMILES string of the molecule is CCOC(=O)c1ccc(N2CC(C)CN3C4C(=O)N(CCOC)C(=O)N(C)C4NC23)cc1. The van der Waals surface area contributed by atoms with E-state index in [1.165, 1.54) is 4.90 Å². The molecule has 0 aliphatic carbocycles. The fourth-order valence-corrected chi connectivity index (χ4v) is 4.81. The molecule has 1 N–H and O–H groups in total. The van der Waals surface area contributed by atoms with Crippen LogP contribution in [0.3, 0.4) is 0 Å². The monoisotopic (exact) mass is 445 g/mol. The summed E-state index contributed by atoms with van der Waals surface area (Å²) in [6.07, 6.45) is -0.651. The molecule has 4 unspecified atom stereocenters. The van der Waals surface area contributed by atoms with Crippen LogP contribution in [0.25, 0.3) is 0 Å². The number of hydrogen-bond donors (Lipinski definition) is 1. The van der Waals surface area contributed by atoms with E-state index in [4.69, 9.17) is 9.47 Å². The first-order valence-electron chi connectivity index (χ1n) is 11.0. The van der Waals surface area contributed by atoms with Gasteiger partial charge in [0.2, 0.25) is 0 Å². The molecule has 3 amide bonds. The van der Waals surface area contributed by atoms with Crippen LogP contribution in [0.5, 0.6) is 0 Å². The number of nitrogens with one attached hydrogen (secondary N) is 1. The van der Waals surface area contributed by atoms with Crippen LogP contribution in [0, 0.1) is 5.92 Å². The van der Waals surface area contributed by atoms with Crippen molar-refractivity contribution in [1.29, 1.82) is 0 Å². The number of methoxy groups -OCH3 is 1. The Labute approximate surface area is 188 Å². The van der Waals surface area contributed by atoms with E-state index in [0.717, 1.165) is 18.8 Å². The number of anilines is 1. The van der Waals surface area contributed by atoms with Crippen LogP contribution in [-0.2, 0) is 14.3 Å². The second-order valence-electron chi connectivity index (χ2n) is 8.53. The van der Waals surface area contributed by atoms with Gasteiger partial charge in [0.1, 0.15) is 18.5 Å². The number of amides is 3. The van der Waals surface area contributed by atoms with Gasteiger partial charge in [-0.05, 0) is 37.1 Å². The molecule has 4 rings (SSSR count). The van der Waals surface area contributed by atoms with E-state index in [1.54, 1.807) is 38.1 Å². The van der Waals surface area contributed by atoms with Crippen molar-refractivity contribution in [3.8, 4) is 0 Å². The number of hydrogen-bond acceptors (Lipinski definition) is 8. The topological polar surface area (TPSA) is 94.7 Å². The van der Waals surface area contributed by atoms with Crippen molar-refractivity contribution in [3.05, 3.63) is 29.8 Å². The van der Waals surface area contributed by atoms with Gasteiger partial charge < -0.3 is 19.3 Å². The second-order valence-corrected chi connectivity index (χ2v) is 8.53. The Morgan fingerprint density at radius 1 is 1.19 bits per heavy atom. The van der Waals surface area contributed by atoms with Crippen molar-refractivity contribution >= 4 is 23.6 Å². The lowest BCUT2D eigenvalue weighted by Crippen LogP contribution is -2.67. The van der Waals surface area contributed by atoms with Crippen molar-refractivity contribution in [3.63, 3.8) is 0 Å². The van der Waals surface area contributed by atoms with E-state index >= 15 is 0 Å². The maximum absolute atomic E-state index is 13.3. The Kier molecular flexibility index (Phi) is 6.36. The molecule has 0 radical (unpaired) electrons. The van der Waals surface area contributed by atoms with Gasteiger partial charge in [-0.1, -0.05) is 6.92 Å². The minimum Gasteiger partial charge on any atom is -0.462 e. The van der Waals surface area contributed by atoms with E-state index in [-0.39, 0.29) is 30.7 Å². The third kappa shape index (κ3) is 3.82. The number of carbonyl (C=O) groups is 3. The molecule has 0 saturated carbocycles. The highest BCUT2D eigenvalue weighted by Crippen LogP contribution is 2.34. The number of ether oxygens (including phenoxy) is 2. The average molecular weight is 446 g/mol. The number of carbonyl (C=O) groups excluding carboxylic acids is 3. The summed E-state index contributed by atoms with van der Waals surface area (Å²) in [5, 5.41) is 3.50. The Bertz CT molecular complexity index is 878. The normalized spacial score (nSPS) is 28.1.